The maximum Gasteiger partial charge on any atom is 0.342 e. The molecule has 0 aliphatic rings. The van der Waals surface area contributed by atoms with Crippen LogP contribution in [0.2, 0.25) is 0 Å². The van der Waals surface area contributed by atoms with E-state index in [2.05, 4.69) is 0 Å². The second-order valence-electron chi connectivity index (χ2n) is 4.04. The molecule has 0 amide bonds. The molecule has 0 radical (unpaired) electrons. The molecular weight excluding hydrogens is 264 g/mol. The first-order chi connectivity index (χ1) is 9.51. The molecule has 20 heavy (non-hydrogen) atoms. The summed E-state index contributed by atoms with van der Waals surface area (Å²) in [6.45, 7) is 6.17. The van der Waals surface area contributed by atoms with Gasteiger partial charge in [0, 0.05) is 31.5 Å². The van der Waals surface area contributed by atoms with Crippen LogP contribution >= 0.6 is 0 Å². The van der Waals surface area contributed by atoms with Gasteiger partial charge in [0.05, 0.1) is 11.5 Å². The van der Waals surface area contributed by atoms with Gasteiger partial charge in [-0.05, 0) is 26.0 Å². The van der Waals surface area contributed by atoms with Crippen molar-refractivity contribution >= 4 is 17.3 Å². The number of nitro groups is 1. The minimum absolute atomic E-state index is 0.306. The van der Waals surface area contributed by atoms with Crippen molar-refractivity contribution in [2.75, 3.05) is 31.2 Å². The lowest BCUT2D eigenvalue weighted by molar-refractivity contribution is -0.385. The summed E-state index contributed by atoms with van der Waals surface area (Å²) in [7, 11) is 0. The summed E-state index contributed by atoms with van der Waals surface area (Å²) < 4.78 is 5.26. The summed E-state index contributed by atoms with van der Waals surface area (Å²) in [5, 5.41) is 19.9. The third kappa shape index (κ3) is 3.92. The number of nitro benzene ring substituents is 1. The monoisotopic (exact) mass is 282 g/mol. The van der Waals surface area contributed by atoms with Crippen molar-refractivity contribution in [2.45, 2.75) is 13.8 Å². The molecule has 0 heterocycles. The standard InChI is InChI=1S/C13H18N2O5/c1-3-14(7-8-20-4-2)10-5-6-11(13(16)17)12(9-10)15(18)19/h5-6,9H,3-4,7-8H2,1-2H3,(H,16,17). The van der Waals surface area contributed by atoms with Crippen LogP contribution in [0.15, 0.2) is 18.2 Å². The van der Waals surface area contributed by atoms with Crippen molar-refractivity contribution in [1.82, 2.24) is 0 Å². The van der Waals surface area contributed by atoms with Crippen molar-refractivity contribution in [3.05, 3.63) is 33.9 Å². The van der Waals surface area contributed by atoms with Gasteiger partial charge in [-0.2, -0.15) is 0 Å². The zero-order valence-corrected chi connectivity index (χ0v) is 11.5. The molecule has 0 bridgehead atoms. The van der Waals surface area contributed by atoms with E-state index >= 15 is 0 Å². The van der Waals surface area contributed by atoms with E-state index in [1.54, 1.807) is 6.07 Å². The quantitative estimate of drug-likeness (QED) is 0.446. The van der Waals surface area contributed by atoms with Gasteiger partial charge in [0.2, 0.25) is 0 Å². The number of nitrogens with zero attached hydrogens (tertiary/aromatic N) is 2. The Morgan fingerprint density at radius 2 is 2.15 bits per heavy atom. The molecule has 1 N–H and O–H groups in total. The summed E-state index contributed by atoms with van der Waals surface area (Å²) in [4.78, 5) is 23.1. The minimum atomic E-state index is -1.30. The number of carbonyl (C=O) groups is 1. The van der Waals surface area contributed by atoms with E-state index in [1.807, 2.05) is 18.7 Å². The summed E-state index contributed by atoms with van der Waals surface area (Å²) in [6.07, 6.45) is 0. The van der Waals surface area contributed by atoms with Crippen LogP contribution < -0.4 is 4.90 Å². The smallest absolute Gasteiger partial charge is 0.342 e. The molecule has 1 aromatic carbocycles. The van der Waals surface area contributed by atoms with Gasteiger partial charge in [-0.25, -0.2) is 4.79 Å². The molecule has 0 aromatic heterocycles. The van der Waals surface area contributed by atoms with E-state index in [-0.39, 0.29) is 5.56 Å². The Morgan fingerprint density at radius 3 is 2.65 bits per heavy atom. The number of hydrogen-bond donors (Lipinski definition) is 1. The zero-order valence-electron chi connectivity index (χ0n) is 11.5. The molecule has 0 unspecified atom stereocenters. The molecule has 1 aromatic rings. The van der Waals surface area contributed by atoms with Crippen molar-refractivity contribution in [3.8, 4) is 0 Å². The summed E-state index contributed by atoms with van der Waals surface area (Å²) >= 11 is 0. The number of likely N-dealkylation sites (N-methyl/N-ethyl adjacent to an activating group) is 1. The second-order valence-corrected chi connectivity index (χ2v) is 4.04. The van der Waals surface area contributed by atoms with Gasteiger partial charge >= 0.3 is 5.97 Å². The van der Waals surface area contributed by atoms with Crippen LogP contribution in [0.25, 0.3) is 0 Å². The SMILES string of the molecule is CCOCCN(CC)c1ccc(C(=O)O)c([N+](=O)[O-])c1. The Labute approximate surface area is 116 Å². The lowest BCUT2D eigenvalue weighted by atomic mass is 10.1. The number of rotatable bonds is 8. The average Bonchev–Trinajstić information content (AvgIpc) is 2.43. The lowest BCUT2D eigenvalue weighted by Crippen LogP contribution is -2.27. The molecule has 0 aliphatic carbocycles. The Hall–Kier alpha value is -2.15. The second kappa shape index (κ2) is 7.44. The van der Waals surface area contributed by atoms with E-state index in [9.17, 15) is 14.9 Å². The third-order valence-corrected chi connectivity index (χ3v) is 2.86. The number of benzene rings is 1. The fourth-order valence-electron chi connectivity index (χ4n) is 1.84. The maximum absolute atomic E-state index is 10.9. The van der Waals surface area contributed by atoms with Crippen molar-refractivity contribution in [1.29, 1.82) is 0 Å². The van der Waals surface area contributed by atoms with Gasteiger partial charge in [0.15, 0.2) is 0 Å². The molecule has 1 rings (SSSR count). The van der Waals surface area contributed by atoms with Crippen LogP contribution in [0.3, 0.4) is 0 Å². The van der Waals surface area contributed by atoms with E-state index in [1.165, 1.54) is 12.1 Å². The predicted octanol–water partition coefficient (Wildman–Crippen LogP) is 2.16. The molecule has 7 nitrogen and oxygen atoms in total. The van der Waals surface area contributed by atoms with E-state index in [4.69, 9.17) is 9.84 Å². The number of carboxylic acid groups (broad SMARTS) is 1. The largest absolute Gasteiger partial charge is 0.477 e. The molecule has 0 atom stereocenters. The Kier molecular flexibility index (Phi) is 5.92. The number of ether oxygens (including phenoxy) is 1. The molecule has 0 saturated carbocycles. The van der Waals surface area contributed by atoms with Gasteiger partial charge in [0.25, 0.3) is 5.69 Å². The van der Waals surface area contributed by atoms with Crippen molar-refractivity contribution in [3.63, 3.8) is 0 Å². The number of hydrogen-bond acceptors (Lipinski definition) is 5. The molecule has 0 fully saturated rings. The van der Waals surface area contributed by atoms with E-state index in [0.717, 1.165) is 0 Å². The van der Waals surface area contributed by atoms with Crippen LogP contribution in [0.4, 0.5) is 11.4 Å². The highest BCUT2D eigenvalue weighted by Crippen LogP contribution is 2.25. The van der Waals surface area contributed by atoms with Gasteiger partial charge < -0.3 is 14.7 Å². The van der Waals surface area contributed by atoms with E-state index in [0.29, 0.717) is 32.0 Å². The van der Waals surface area contributed by atoms with Gasteiger partial charge in [-0.3, -0.25) is 10.1 Å². The Bertz CT molecular complexity index is 490. The van der Waals surface area contributed by atoms with Crippen LogP contribution in [0.5, 0.6) is 0 Å². The predicted molar refractivity (Wildman–Crippen MR) is 74.4 cm³/mol. The Balaban J connectivity index is 3.02. The molecular formula is C13H18N2O5. The van der Waals surface area contributed by atoms with Crippen molar-refractivity contribution in [2.24, 2.45) is 0 Å². The minimum Gasteiger partial charge on any atom is -0.477 e. The highest BCUT2D eigenvalue weighted by Gasteiger charge is 2.21. The average molecular weight is 282 g/mol. The van der Waals surface area contributed by atoms with Crippen LogP contribution in [0.1, 0.15) is 24.2 Å². The first kappa shape index (κ1) is 15.9. The fraction of sp³-hybridized carbons (Fsp3) is 0.462. The molecule has 0 saturated heterocycles. The van der Waals surface area contributed by atoms with Gasteiger partial charge in [-0.1, -0.05) is 0 Å². The highest BCUT2D eigenvalue weighted by molar-refractivity contribution is 5.93. The number of anilines is 1. The Morgan fingerprint density at radius 1 is 1.45 bits per heavy atom. The number of carboxylic acids is 1. The molecule has 7 heteroatoms. The summed E-state index contributed by atoms with van der Waals surface area (Å²) in [6, 6.07) is 4.13. The zero-order chi connectivity index (χ0) is 15.1. The first-order valence-electron chi connectivity index (χ1n) is 6.35. The first-order valence-corrected chi connectivity index (χ1v) is 6.35. The summed E-state index contributed by atoms with van der Waals surface area (Å²) in [5.74, 6) is -1.30. The molecule has 110 valence electrons. The van der Waals surface area contributed by atoms with Crippen LogP contribution in [-0.2, 0) is 4.74 Å². The maximum atomic E-state index is 10.9. The normalized spacial score (nSPS) is 10.3. The molecule has 0 spiro atoms. The lowest BCUT2D eigenvalue weighted by Gasteiger charge is -2.22. The van der Waals surface area contributed by atoms with E-state index < -0.39 is 16.6 Å². The summed E-state index contributed by atoms with van der Waals surface area (Å²) in [5.41, 5.74) is -0.0895. The van der Waals surface area contributed by atoms with Gasteiger partial charge in [0.1, 0.15) is 5.56 Å². The number of aromatic carboxylic acids is 1. The van der Waals surface area contributed by atoms with Crippen LogP contribution in [0, 0.1) is 10.1 Å². The third-order valence-electron chi connectivity index (χ3n) is 2.86. The highest BCUT2D eigenvalue weighted by atomic mass is 16.6. The van der Waals surface area contributed by atoms with Gasteiger partial charge in [-0.15, -0.1) is 0 Å². The fourth-order valence-corrected chi connectivity index (χ4v) is 1.84. The van der Waals surface area contributed by atoms with Crippen LogP contribution in [-0.4, -0.2) is 42.3 Å². The topological polar surface area (TPSA) is 92.9 Å². The van der Waals surface area contributed by atoms with Crippen molar-refractivity contribution < 1.29 is 19.6 Å². The molecule has 0 aliphatic heterocycles.